The minimum atomic E-state index is 0.845. The van der Waals surface area contributed by atoms with Gasteiger partial charge in [0.05, 0.1) is 0 Å². The fraction of sp³-hybridized carbons (Fsp3) is 0.100. The lowest BCUT2D eigenvalue weighted by atomic mass is 10.3. The van der Waals surface area contributed by atoms with Gasteiger partial charge in [-0.3, -0.25) is 0 Å². The Balaban J connectivity index is 2.76. The molecule has 0 aliphatic rings. The summed E-state index contributed by atoms with van der Waals surface area (Å²) in [4.78, 5) is 0. The smallest absolute Gasteiger partial charge is 0.0452 e. The summed E-state index contributed by atoms with van der Waals surface area (Å²) in [7, 11) is 0. The van der Waals surface area contributed by atoms with E-state index in [1.807, 2.05) is 12.1 Å². The maximum absolute atomic E-state index is 3.86. The standard InChI is InChI=1S/C10H10N/c1-2-9-6-7-10-5-3-4-8-11(9)10/h3-8H,1-2H2. The van der Waals surface area contributed by atoms with Crippen LogP contribution in [0.3, 0.4) is 0 Å². The molecule has 0 aromatic carbocycles. The van der Waals surface area contributed by atoms with E-state index in [4.69, 9.17) is 0 Å². The van der Waals surface area contributed by atoms with Crippen LogP contribution in [0, 0.1) is 6.92 Å². The molecule has 0 saturated heterocycles. The number of hydrogen-bond donors (Lipinski definition) is 0. The first kappa shape index (κ1) is 6.47. The first-order valence-corrected chi connectivity index (χ1v) is 3.76. The molecule has 55 valence electrons. The van der Waals surface area contributed by atoms with Crippen molar-refractivity contribution >= 4 is 5.52 Å². The minimum absolute atomic E-state index is 0.845. The second-order valence-electron chi connectivity index (χ2n) is 2.57. The van der Waals surface area contributed by atoms with Gasteiger partial charge in [-0.2, -0.15) is 0 Å². The van der Waals surface area contributed by atoms with E-state index in [1.54, 1.807) is 0 Å². The number of hydrogen-bond acceptors (Lipinski definition) is 0. The van der Waals surface area contributed by atoms with Gasteiger partial charge in [-0.25, -0.2) is 0 Å². The molecule has 0 spiro atoms. The number of fused-ring (bicyclic) bond motifs is 1. The van der Waals surface area contributed by atoms with Gasteiger partial charge in [0.15, 0.2) is 0 Å². The average Bonchev–Trinajstić information content (AvgIpc) is 2.47. The highest BCUT2D eigenvalue weighted by Gasteiger charge is 1.95. The molecule has 0 fully saturated rings. The maximum atomic E-state index is 3.86. The molecule has 2 rings (SSSR count). The Hall–Kier alpha value is -1.24. The molecule has 11 heavy (non-hydrogen) atoms. The summed E-state index contributed by atoms with van der Waals surface area (Å²) in [6.45, 7) is 3.86. The van der Waals surface area contributed by atoms with Gasteiger partial charge in [-0.05, 0) is 37.6 Å². The molecule has 1 radical (unpaired) electrons. The number of nitrogens with zero attached hydrogens (tertiary/aromatic N) is 1. The number of aromatic nitrogens is 1. The second-order valence-corrected chi connectivity index (χ2v) is 2.57. The molecule has 1 heteroatoms. The fourth-order valence-corrected chi connectivity index (χ4v) is 1.32. The summed E-state index contributed by atoms with van der Waals surface area (Å²) in [6.07, 6.45) is 2.91. The molecule has 0 unspecified atom stereocenters. The topological polar surface area (TPSA) is 4.41 Å². The summed E-state index contributed by atoms with van der Waals surface area (Å²) in [6, 6.07) is 10.4. The highest BCUT2D eigenvalue weighted by Crippen LogP contribution is 2.09. The van der Waals surface area contributed by atoms with E-state index in [2.05, 4.69) is 35.7 Å². The van der Waals surface area contributed by atoms with Crippen LogP contribution in [0.4, 0.5) is 0 Å². The molecule has 0 aliphatic heterocycles. The molecule has 0 N–H and O–H groups in total. The average molecular weight is 144 g/mol. The van der Waals surface area contributed by atoms with Crippen molar-refractivity contribution in [3.63, 3.8) is 0 Å². The monoisotopic (exact) mass is 144 g/mol. The van der Waals surface area contributed by atoms with Crippen LogP contribution >= 0.6 is 0 Å². The Morgan fingerprint density at radius 3 is 2.91 bits per heavy atom. The van der Waals surface area contributed by atoms with Crippen LogP contribution in [0.5, 0.6) is 0 Å². The van der Waals surface area contributed by atoms with Gasteiger partial charge in [-0.1, -0.05) is 6.07 Å². The zero-order chi connectivity index (χ0) is 7.68. The van der Waals surface area contributed by atoms with Gasteiger partial charge in [0, 0.05) is 17.4 Å². The van der Waals surface area contributed by atoms with E-state index in [0.29, 0.717) is 0 Å². The second kappa shape index (κ2) is 2.42. The highest BCUT2D eigenvalue weighted by atomic mass is 14.9. The van der Waals surface area contributed by atoms with Crippen LogP contribution in [0.15, 0.2) is 36.5 Å². The molecule has 2 aromatic heterocycles. The lowest BCUT2D eigenvalue weighted by Gasteiger charge is -1.97. The van der Waals surface area contributed by atoms with E-state index in [-0.39, 0.29) is 0 Å². The summed E-state index contributed by atoms with van der Waals surface area (Å²) >= 11 is 0. The van der Waals surface area contributed by atoms with Crippen LogP contribution < -0.4 is 0 Å². The van der Waals surface area contributed by atoms with Crippen molar-refractivity contribution in [2.75, 3.05) is 0 Å². The van der Waals surface area contributed by atoms with E-state index in [0.717, 1.165) is 6.42 Å². The number of pyridine rings is 1. The third kappa shape index (κ3) is 0.929. The van der Waals surface area contributed by atoms with Crippen LogP contribution in [0.1, 0.15) is 5.69 Å². The van der Waals surface area contributed by atoms with Crippen LogP contribution in [-0.2, 0) is 6.42 Å². The first-order valence-electron chi connectivity index (χ1n) is 3.76. The molecule has 0 bridgehead atoms. The van der Waals surface area contributed by atoms with Gasteiger partial charge in [-0.15, -0.1) is 0 Å². The quantitative estimate of drug-likeness (QED) is 0.578. The molecular weight excluding hydrogens is 134 g/mol. The van der Waals surface area contributed by atoms with Gasteiger partial charge in [0.25, 0.3) is 0 Å². The van der Waals surface area contributed by atoms with Crippen molar-refractivity contribution in [2.45, 2.75) is 6.42 Å². The van der Waals surface area contributed by atoms with E-state index < -0.39 is 0 Å². The van der Waals surface area contributed by atoms with Gasteiger partial charge < -0.3 is 4.40 Å². The van der Waals surface area contributed by atoms with E-state index >= 15 is 0 Å². The maximum Gasteiger partial charge on any atom is 0.0452 e. The van der Waals surface area contributed by atoms with Crippen molar-refractivity contribution in [1.29, 1.82) is 0 Å². The summed E-state index contributed by atoms with van der Waals surface area (Å²) in [5.74, 6) is 0. The molecule has 1 nitrogen and oxygen atoms in total. The molecule has 0 aliphatic carbocycles. The fourth-order valence-electron chi connectivity index (χ4n) is 1.32. The molecule has 0 atom stereocenters. The predicted octanol–water partition coefficient (Wildman–Crippen LogP) is 2.32. The Bertz CT molecular complexity index is 360. The highest BCUT2D eigenvalue weighted by molar-refractivity contribution is 5.49. The number of rotatable bonds is 1. The third-order valence-corrected chi connectivity index (χ3v) is 1.90. The summed E-state index contributed by atoms with van der Waals surface area (Å²) in [5.41, 5.74) is 2.51. The molecule has 0 saturated carbocycles. The zero-order valence-electron chi connectivity index (χ0n) is 6.33. The molecule has 2 heterocycles. The van der Waals surface area contributed by atoms with Gasteiger partial charge >= 0.3 is 0 Å². The van der Waals surface area contributed by atoms with Gasteiger partial charge in [0.1, 0.15) is 0 Å². The Morgan fingerprint density at radius 1 is 1.18 bits per heavy atom. The van der Waals surface area contributed by atoms with Crippen LogP contribution in [0.2, 0.25) is 0 Å². The molecule has 0 amide bonds. The Kier molecular flexibility index (Phi) is 1.42. The summed E-state index contributed by atoms with van der Waals surface area (Å²) in [5, 5.41) is 0. The van der Waals surface area contributed by atoms with Gasteiger partial charge in [0.2, 0.25) is 0 Å². The Labute approximate surface area is 66.3 Å². The normalized spacial score (nSPS) is 10.6. The molecular formula is C10H10N. The zero-order valence-corrected chi connectivity index (χ0v) is 6.33. The SMILES string of the molecule is [CH2]Cc1ccc2ccccn12. The predicted molar refractivity (Wildman–Crippen MR) is 46.5 cm³/mol. The Morgan fingerprint density at radius 2 is 2.09 bits per heavy atom. The lowest BCUT2D eigenvalue weighted by Crippen LogP contribution is -1.88. The van der Waals surface area contributed by atoms with Crippen molar-refractivity contribution < 1.29 is 0 Å². The molecule has 2 aromatic rings. The van der Waals surface area contributed by atoms with Crippen molar-refractivity contribution in [3.8, 4) is 0 Å². The van der Waals surface area contributed by atoms with Crippen LogP contribution in [0.25, 0.3) is 5.52 Å². The van der Waals surface area contributed by atoms with Crippen molar-refractivity contribution in [2.24, 2.45) is 0 Å². The largest absolute Gasteiger partial charge is 0.321 e. The first-order chi connectivity index (χ1) is 5.42. The lowest BCUT2D eigenvalue weighted by molar-refractivity contribution is 1.05. The third-order valence-electron chi connectivity index (χ3n) is 1.90. The van der Waals surface area contributed by atoms with Crippen molar-refractivity contribution in [1.82, 2.24) is 4.40 Å². The van der Waals surface area contributed by atoms with E-state index in [1.165, 1.54) is 11.2 Å². The van der Waals surface area contributed by atoms with E-state index in [9.17, 15) is 0 Å². The van der Waals surface area contributed by atoms with Crippen LogP contribution in [-0.4, -0.2) is 4.40 Å². The minimum Gasteiger partial charge on any atom is -0.321 e. The van der Waals surface area contributed by atoms with Crippen molar-refractivity contribution in [3.05, 3.63) is 49.1 Å². The summed E-state index contributed by atoms with van der Waals surface area (Å²) < 4.78 is 2.16.